The van der Waals surface area contributed by atoms with Gasteiger partial charge >= 0.3 is 0 Å². The van der Waals surface area contributed by atoms with E-state index in [0.29, 0.717) is 17.7 Å². The quantitative estimate of drug-likeness (QED) is 0.642. The third-order valence-corrected chi connectivity index (χ3v) is 4.68. The Hall–Kier alpha value is -3.21. The highest BCUT2D eigenvalue weighted by atomic mass is 32.2. The van der Waals surface area contributed by atoms with Gasteiger partial charge in [-0.25, -0.2) is 0 Å². The van der Waals surface area contributed by atoms with Crippen molar-refractivity contribution in [1.82, 2.24) is 0 Å². The maximum absolute atomic E-state index is 9.38. The minimum Gasteiger partial charge on any atom is -0.488 e. The second kappa shape index (κ2) is 8.06. The van der Waals surface area contributed by atoms with Gasteiger partial charge in [-0.15, -0.1) is 0 Å². The molecular weight excluding hydrogens is 328 g/mol. The van der Waals surface area contributed by atoms with Crippen molar-refractivity contribution in [2.75, 3.05) is 0 Å². The molecule has 4 heteroatoms. The molecule has 0 fully saturated rings. The summed E-state index contributed by atoms with van der Waals surface area (Å²) in [5.41, 5.74) is 1.87. The molecule has 0 aliphatic heterocycles. The van der Waals surface area contributed by atoms with E-state index in [1.165, 1.54) is 11.8 Å². The zero-order valence-corrected chi connectivity index (χ0v) is 14.2. The molecule has 0 amide bonds. The number of ether oxygens (including phenoxy) is 1. The summed E-state index contributed by atoms with van der Waals surface area (Å²) in [7, 11) is 0. The topological polar surface area (TPSA) is 56.8 Å². The first-order valence-electron chi connectivity index (χ1n) is 7.68. The summed E-state index contributed by atoms with van der Waals surface area (Å²) >= 11 is 1.43. The van der Waals surface area contributed by atoms with E-state index in [1.807, 2.05) is 60.7 Å². The van der Waals surface area contributed by atoms with Crippen molar-refractivity contribution < 1.29 is 4.74 Å². The Kier molecular flexibility index (Phi) is 5.36. The van der Waals surface area contributed by atoms with Crippen molar-refractivity contribution >= 4 is 11.8 Å². The third kappa shape index (κ3) is 4.01. The van der Waals surface area contributed by atoms with Crippen LogP contribution in [0.25, 0.3) is 0 Å². The molecule has 0 aromatic heterocycles. The molecule has 3 aromatic carbocycles. The highest BCUT2D eigenvalue weighted by Crippen LogP contribution is 2.37. The van der Waals surface area contributed by atoms with Gasteiger partial charge in [-0.05, 0) is 29.8 Å². The van der Waals surface area contributed by atoms with Crippen LogP contribution < -0.4 is 4.74 Å². The smallest absolute Gasteiger partial charge is 0.133 e. The predicted octanol–water partition coefficient (Wildman–Crippen LogP) is 5.16. The Bertz CT molecular complexity index is 956. The molecule has 0 bridgehead atoms. The maximum atomic E-state index is 9.38. The lowest BCUT2D eigenvalue weighted by atomic mass is 10.1. The largest absolute Gasteiger partial charge is 0.488 e. The van der Waals surface area contributed by atoms with Crippen LogP contribution >= 0.6 is 11.8 Å². The van der Waals surface area contributed by atoms with Crippen LogP contribution in [0.2, 0.25) is 0 Å². The number of nitrogens with zero attached hydrogens (tertiary/aromatic N) is 2. The molecule has 0 radical (unpaired) electrons. The summed E-state index contributed by atoms with van der Waals surface area (Å²) in [5, 5.41) is 18.6. The highest BCUT2D eigenvalue weighted by molar-refractivity contribution is 7.99. The van der Waals surface area contributed by atoms with E-state index in [0.717, 1.165) is 21.1 Å². The van der Waals surface area contributed by atoms with Gasteiger partial charge in [0.2, 0.25) is 0 Å². The summed E-state index contributed by atoms with van der Waals surface area (Å²) in [4.78, 5) is 1.65. The van der Waals surface area contributed by atoms with Crippen LogP contribution in [0.5, 0.6) is 5.75 Å². The van der Waals surface area contributed by atoms with Gasteiger partial charge in [0.05, 0.1) is 16.0 Å². The molecule has 0 aliphatic carbocycles. The van der Waals surface area contributed by atoms with Gasteiger partial charge < -0.3 is 4.74 Å². The molecule has 3 aromatic rings. The summed E-state index contributed by atoms with van der Waals surface area (Å²) in [6.45, 7) is 0.474. The number of hydrogen-bond acceptors (Lipinski definition) is 4. The molecule has 25 heavy (non-hydrogen) atoms. The lowest BCUT2D eigenvalue weighted by molar-refractivity contribution is 0.299. The van der Waals surface area contributed by atoms with E-state index >= 15 is 0 Å². The predicted molar refractivity (Wildman–Crippen MR) is 97.2 cm³/mol. The van der Waals surface area contributed by atoms with Crippen LogP contribution in [-0.2, 0) is 6.61 Å². The van der Waals surface area contributed by atoms with Gasteiger partial charge in [0.15, 0.2) is 0 Å². The molecule has 120 valence electrons. The van der Waals surface area contributed by atoms with E-state index in [9.17, 15) is 5.26 Å². The maximum Gasteiger partial charge on any atom is 0.133 e. The van der Waals surface area contributed by atoms with Crippen LogP contribution in [0.15, 0.2) is 82.6 Å². The minimum atomic E-state index is 0.384. The first-order valence-corrected chi connectivity index (χ1v) is 8.50. The fraction of sp³-hybridized carbons (Fsp3) is 0.0476. The normalized spacial score (nSPS) is 9.84. The third-order valence-electron chi connectivity index (χ3n) is 3.56. The van der Waals surface area contributed by atoms with Crippen LogP contribution in [0.4, 0.5) is 0 Å². The van der Waals surface area contributed by atoms with Gasteiger partial charge in [0, 0.05) is 4.90 Å². The molecule has 0 saturated carbocycles. The van der Waals surface area contributed by atoms with Gasteiger partial charge in [0.1, 0.15) is 24.5 Å². The summed E-state index contributed by atoms with van der Waals surface area (Å²) < 4.78 is 5.96. The SMILES string of the molecule is N#Cc1cccc(Sc2ccccc2OCc2ccccc2)c1C#N. The molecule has 0 unspecified atom stereocenters. The lowest BCUT2D eigenvalue weighted by Gasteiger charge is -2.12. The summed E-state index contributed by atoms with van der Waals surface area (Å²) in [5.74, 6) is 0.752. The first kappa shape index (κ1) is 16.6. The van der Waals surface area contributed by atoms with E-state index in [2.05, 4.69) is 12.1 Å². The van der Waals surface area contributed by atoms with Crippen LogP contribution in [-0.4, -0.2) is 0 Å². The summed E-state index contributed by atoms with van der Waals surface area (Å²) in [6.07, 6.45) is 0. The Morgan fingerprint density at radius 1 is 0.760 bits per heavy atom. The van der Waals surface area contributed by atoms with Crippen LogP contribution in [0.1, 0.15) is 16.7 Å². The van der Waals surface area contributed by atoms with Crippen molar-refractivity contribution in [3.05, 3.63) is 89.5 Å². The average Bonchev–Trinajstić information content (AvgIpc) is 2.68. The van der Waals surface area contributed by atoms with E-state index in [1.54, 1.807) is 12.1 Å². The van der Waals surface area contributed by atoms with Crippen molar-refractivity contribution in [1.29, 1.82) is 10.5 Å². The van der Waals surface area contributed by atoms with Crippen LogP contribution in [0.3, 0.4) is 0 Å². The Labute approximate surface area is 151 Å². The Morgan fingerprint density at radius 3 is 2.24 bits per heavy atom. The first-order chi connectivity index (χ1) is 12.3. The highest BCUT2D eigenvalue weighted by Gasteiger charge is 2.12. The molecule has 3 nitrogen and oxygen atoms in total. The van der Waals surface area contributed by atoms with Crippen LogP contribution in [0, 0.1) is 22.7 Å². The zero-order chi connectivity index (χ0) is 17.5. The zero-order valence-electron chi connectivity index (χ0n) is 13.3. The van der Waals surface area contributed by atoms with Crippen molar-refractivity contribution in [3.8, 4) is 17.9 Å². The summed E-state index contributed by atoms with van der Waals surface area (Å²) in [6, 6.07) is 27.1. The lowest BCUT2D eigenvalue weighted by Crippen LogP contribution is -1.96. The fourth-order valence-electron chi connectivity index (χ4n) is 2.33. The number of nitriles is 2. The molecule has 0 aliphatic rings. The number of hydrogen-bond donors (Lipinski definition) is 0. The van der Waals surface area contributed by atoms with E-state index < -0.39 is 0 Å². The molecule has 0 saturated heterocycles. The van der Waals surface area contributed by atoms with Crippen molar-refractivity contribution in [2.45, 2.75) is 16.4 Å². The van der Waals surface area contributed by atoms with E-state index in [-0.39, 0.29) is 0 Å². The number of benzene rings is 3. The van der Waals surface area contributed by atoms with Gasteiger partial charge in [-0.3, -0.25) is 0 Å². The second-order valence-electron chi connectivity index (χ2n) is 5.23. The molecule has 3 rings (SSSR count). The standard InChI is InChI=1S/C21H14N2OS/c22-13-17-9-6-12-20(18(17)14-23)25-21-11-5-4-10-19(21)24-15-16-7-2-1-3-8-16/h1-12H,15H2. The van der Waals surface area contributed by atoms with Gasteiger partial charge in [-0.2, -0.15) is 10.5 Å². The van der Waals surface area contributed by atoms with E-state index in [4.69, 9.17) is 10.00 Å². The fourth-order valence-corrected chi connectivity index (χ4v) is 3.35. The molecule has 0 spiro atoms. The van der Waals surface area contributed by atoms with Gasteiger partial charge in [-0.1, -0.05) is 60.3 Å². The number of para-hydroxylation sites is 1. The van der Waals surface area contributed by atoms with Crippen molar-refractivity contribution in [2.24, 2.45) is 0 Å². The second-order valence-corrected chi connectivity index (χ2v) is 6.31. The average molecular weight is 342 g/mol. The molecule has 0 atom stereocenters. The molecular formula is C21H14N2OS. The minimum absolute atomic E-state index is 0.384. The monoisotopic (exact) mass is 342 g/mol. The van der Waals surface area contributed by atoms with Crippen molar-refractivity contribution in [3.63, 3.8) is 0 Å². The Balaban J connectivity index is 1.85. The molecule has 0 N–H and O–H groups in total. The molecule has 0 heterocycles. The van der Waals surface area contributed by atoms with Gasteiger partial charge in [0.25, 0.3) is 0 Å². The number of rotatable bonds is 5. The Morgan fingerprint density at radius 2 is 1.48 bits per heavy atom.